The fraction of sp³-hybridized carbons (Fsp3) is 0.286. The third-order valence-electron chi connectivity index (χ3n) is 9.30. The number of hydrogen-bond acceptors (Lipinski definition) is 8. The molecule has 0 radical (unpaired) electrons. The van der Waals surface area contributed by atoms with Gasteiger partial charge >= 0.3 is 0 Å². The van der Waals surface area contributed by atoms with Crippen molar-refractivity contribution in [2.45, 2.75) is 65.2 Å². The predicted octanol–water partition coefficient (Wildman–Crippen LogP) is 8.62. The first kappa shape index (κ1) is 44.6. The van der Waals surface area contributed by atoms with Crippen LogP contribution in [0.1, 0.15) is 61.3 Å². The summed E-state index contributed by atoms with van der Waals surface area (Å²) in [5.41, 5.74) is 6.41. The van der Waals surface area contributed by atoms with Gasteiger partial charge < -0.3 is 40.0 Å². The van der Waals surface area contributed by atoms with Crippen LogP contribution in [0.5, 0.6) is 0 Å². The number of halogens is 4. The number of benzene rings is 2. The van der Waals surface area contributed by atoms with Crippen molar-refractivity contribution in [1.29, 1.82) is 0 Å². The maximum Gasteiger partial charge on any atom is 0.124 e. The maximum absolute atomic E-state index is 13.6. The van der Waals surface area contributed by atoms with Gasteiger partial charge in [0.1, 0.15) is 11.6 Å². The van der Waals surface area contributed by atoms with Gasteiger partial charge in [-0.25, -0.2) is 27.5 Å². The molecule has 2 aliphatic heterocycles. The van der Waals surface area contributed by atoms with E-state index < -0.39 is 23.3 Å². The molecule has 0 spiro atoms. The molecule has 0 N–H and O–H groups in total. The average molecular weight is 1150 g/mol. The van der Waals surface area contributed by atoms with Crippen LogP contribution in [-0.2, 0) is 55.0 Å². The van der Waals surface area contributed by atoms with Crippen LogP contribution < -0.4 is 29.8 Å². The molecule has 6 heterocycles. The van der Waals surface area contributed by atoms with E-state index in [9.17, 15) is 17.6 Å². The number of nitrogens with zero attached hydrogens (tertiary/aromatic N) is 10. The number of aryl methyl sites for hydroxylation is 4. The van der Waals surface area contributed by atoms with E-state index in [0.29, 0.717) is 23.0 Å². The first-order valence-electron chi connectivity index (χ1n) is 18.6. The largest absolute Gasteiger partial charge is 0.579 e. The molecule has 58 heavy (non-hydrogen) atoms. The van der Waals surface area contributed by atoms with Crippen molar-refractivity contribution >= 4 is 34.4 Å². The van der Waals surface area contributed by atoms with E-state index >= 15 is 0 Å². The number of anilines is 6. The van der Waals surface area contributed by atoms with Crippen molar-refractivity contribution in [2.75, 3.05) is 32.7 Å². The fourth-order valence-electron chi connectivity index (χ4n) is 6.71. The van der Waals surface area contributed by atoms with Gasteiger partial charge in [0.05, 0.1) is 0 Å². The molecule has 0 atom stereocenters. The summed E-state index contributed by atoms with van der Waals surface area (Å²) in [4.78, 5) is 16.2. The van der Waals surface area contributed by atoms with Gasteiger partial charge in [-0.2, -0.15) is 13.3 Å². The summed E-state index contributed by atoms with van der Waals surface area (Å²) in [5.74, 6) is -1.45. The van der Waals surface area contributed by atoms with Gasteiger partial charge in [0.15, 0.2) is 0 Å². The van der Waals surface area contributed by atoms with Crippen molar-refractivity contribution in [2.24, 2.45) is 0 Å². The molecule has 6 aromatic rings. The third-order valence-corrected chi connectivity index (χ3v) is 9.30. The average Bonchev–Trinajstić information content (AvgIpc) is 3.97. The Balaban J connectivity index is 0.000000214. The van der Waals surface area contributed by atoms with Crippen LogP contribution in [0.25, 0.3) is 0 Å². The Morgan fingerprint density at radius 1 is 0.586 bits per heavy atom. The topological polar surface area (TPSA) is 92.7 Å². The summed E-state index contributed by atoms with van der Waals surface area (Å²) in [5, 5.41) is 16.3. The van der Waals surface area contributed by atoms with Gasteiger partial charge in [-0.3, -0.25) is 0 Å². The quantitative estimate of drug-likeness (QED) is 0.0600. The van der Waals surface area contributed by atoms with Crippen molar-refractivity contribution in [3.05, 3.63) is 145 Å². The summed E-state index contributed by atoms with van der Waals surface area (Å²) < 4.78 is 54.5. The molecule has 0 saturated carbocycles. The molecule has 2 aliphatic rings. The summed E-state index contributed by atoms with van der Waals surface area (Å²) >= 11 is 0. The number of hydrogen-bond donors (Lipinski definition) is 0. The number of fused-ring (bicyclic) bond motifs is 2. The molecule has 0 aliphatic carbocycles. The molecule has 312 valence electrons. The zero-order valence-corrected chi connectivity index (χ0v) is 36.3. The molecular weight excluding hydrogens is 1110 g/mol. The third kappa shape index (κ3) is 11.3. The van der Waals surface area contributed by atoms with Crippen LogP contribution in [-0.4, -0.2) is 33.3 Å². The van der Waals surface area contributed by atoms with Crippen LogP contribution in [0.3, 0.4) is 0 Å². The summed E-state index contributed by atoms with van der Waals surface area (Å²) in [6.07, 6.45) is 11.3. The summed E-state index contributed by atoms with van der Waals surface area (Å²) in [6.45, 7) is 9.12. The van der Waals surface area contributed by atoms with Crippen LogP contribution >= 0.6 is 0 Å². The normalized spacial score (nSPS) is 12.8. The van der Waals surface area contributed by atoms with Gasteiger partial charge in [0.25, 0.3) is 0 Å². The number of unbranched alkanes of at least 4 members (excludes halogenated alkanes) is 4. The number of pyridine rings is 2. The second-order valence-corrected chi connectivity index (χ2v) is 13.7. The van der Waals surface area contributed by atoms with E-state index in [2.05, 4.69) is 52.3 Å². The second kappa shape index (κ2) is 20.9. The van der Waals surface area contributed by atoms with Crippen molar-refractivity contribution in [3.63, 3.8) is 0 Å². The van der Waals surface area contributed by atoms with E-state index in [1.165, 1.54) is 12.1 Å². The first-order chi connectivity index (χ1) is 27.2. The van der Waals surface area contributed by atoms with Crippen molar-refractivity contribution in [3.8, 4) is 0 Å². The van der Waals surface area contributed by atoms with Crippen molar-refractivity contribution in [1.82, 2.24) is 30.4 Å². The summed E-state index contributed by atoms with van der Waals surface area (Å²) in [7, 11) is 0. The molecule has 16 heteroatoms. The first-order valence-corrected chi connectivity index (χ1v) is 18.6. The number of rotatable bonds is 14. The van der Waals surface area contributed by atoms with Crippen LogP contribution in [0.4, 0.5) is 51.9 Å². The molecule has 10 nitrogen and oxygen atoms in total. The zero-order valence-electron chi connectivity index (χ0n) is 31.8. The Morgan fingerprint density at radius 3 is 1.40 bits per heavy atom. The minimum absolute atomic E-state index is 0. The summed E-state index contributed by atoms with van der Waals surface area (Å²) in [6, 6.07) is 20.9. The molecule has 8 rings (SSSR count). The Labute approximate surface area is 365 Å². The van der Waals surface area contributed by atoms with E-state index in [1.807, 2.05) is 63.6 Å². The number of aromatic nitrogens is 6. The molecule has 0 amide bonds. The Bertz CT molecular complexity index is 2040. The van der Waals surface area contributed by atoms with Gasteiger partial charge in [-0.05, 0) is 75.9 Å². The minimum Gasteiger partial charge on any atom is -0.579 e. The van der Waals surface area contributed by atoms with Gasteiger partial charge in [-0.15, -0.1) is 47.8 Å². The minimum atomic E-state index is -0.731. The molecule has 2 aromatic carbocycles. The molecule has 0 unspecified atom stereocenters. The van der Waals surface area contributed by atoms with Gasteiger partial charge in [0.2, 0.25) is 0 Å². The van der Waals surface area contributed by atoms with E-state index in [4.69, 9.17) is 0 Å². The van der Waals surface area contributed by atoms with Gasteiger partial charge in [0, 0.05) is 101 Å². The SMILES string of the molecule is Cc1cc(CCCCCN2[CH-]N(c3[c-]c(F)cc(F)c3)c3ncccc32)n[n-]1.Cc1cc(CCCCCN2[CH-]N(c3[c-]c(F)cc(F)c3)c3ncccc32)n[n-]1.[Pt].[Pt]. The molecular formula is C42H40F4N10Pt2-6. The molecule has 0 fully saturated rings. The van der Waals surface area contributed by atoms with Crippen LogP contribution in [0.2, 0.25) is 0 Å². The standard InChI is InChI=1S/2C21H20F2N5.2Pt/c2*1-15-10-18(26-25-15)6-3-2-4-9-27-14-28(21-20(27)7-5-8-24-21)19-12-16(22)11-17(23)13-19;;/h2*5,7-8,10-12,14H,2-4,6,9H2,1H3;;/q2*-3;;. The Hall–Kier alpha value is -4.54. The molecule has 4 aromatic heterocycles. The zero-order chi connectivity index (χ0) is 39.0. The second-order valence-electron chi connectivity index (χ2n) is 13.7. The molecule has 0 bridgehead atoms. The predicted molar refractivity (Wildman–Crippen MR) is 206 cm³/mol. The van der Waals surface area contributed by atoms with Crippen LogP contribution in [0, 0.1) is 62.6 Å². The maximum atomic E-state index is 13.6. The van der Waals surface area contributed by atoms with E-state index in [1.54, 1.807) is 22.2 Å². The van der Waals surface area contributed by atoms with Crippen molar-refractivity contribution < 1.29 is 59.7 Å². The monoisotopic (exact) mass is 1150 g/mol. The fourth-order valence-corrected chi connectivity index (χ4v) is 6.71. The Morgan fingerprint density at radius 2 is 1.02 bits per heavy atom. The molecule has 0 saturated heterocycles. The van der Waals surface area contributed by atoms with Crippen LogP contribution in [0.15, 0.2) is 73.1 Å². The van der Waals surface area contributed by atoms with E-state index in [-0.39, 0.29) is 42.1 Å². The van der Waals surface area contributed by atoms with E-state index in [0.717, 1.165) is 111 Å². The Kier molecular flexibility index (Phi) is 16.1. The van der Waals surface area contributed by atoms with Gasteiger partial charge in [-0.1, -0.05) is 50.2 Å². The smallest absolute Gasteiger partial charge is 0.124 e.